The van der Waals surface area contributed by atoms with Crippen LogP contribution in [0, 0.1) is 32.5 Å². The fraction of sp³-hybridized carbons (Fsp3) is 0.500. The van der Waals surface area contributed by atoms with Crippen molar-refractivity contribution in [3.63, 3.8) is 0 Å². The SMILES string of the molecule is COC(=O)[C@@H](NC(=O)C(O)c1c(C)c(C(=O)Nc2ccc(F)c(C)c2)c(C)n1C)C1CCCCC1. The zero-order chi connectivity index (χ0) is 25.9. The van der Waals surface area contributed by atoms with Crippen molar-refractivity contribution in [2.75, 3.05) is 12.4 Å². The van der Waals surface area contributed by atoms with Crippen LogP contribution >= 0.6 is 0 Å². The summed E-state index contributed by atoms with van der Waals surface area (Å²) in [6.45, 7) is 4.97. The number of anilines is 1. The van der Waals surface area contributed by atoms with Crippen LogP contribution in [-0.4, -0.2) is 40.6 Å². The molecule has 3 N–H and O–H groups in total. The maximum atomic E-state index is 13.6. The lowest BCUT2D eigenvalue weighted by molar-refractivity contribution is -0.148. The van der Waals surface area contributed by atoms with E-state index in [2.05, 4.69) is 10.6 Å². The quantitative estimate of drug-likeness (QED) is 0.517. The van der Waals surface area contributed by atoms with Gasteiger partial charge < -0.3 is 25.0 Å². The van der Waals surface area contributed by atoms with Crippen molar-refractivity contribution in [3.05, 3.63) is 52.1 Å². The van der Waals surface area contributed by atoms with Crippen LogP contribution in [0.15, 0.2) is 18.2 Å². The van der Waals surface area contributed by atoms with Gasteiger partial charge in [0.15, 0.2) is 6.10 Å². The Hall–Kier alpha value is -3.20. The molecule has 1 aliphatic rings. The Bertz CT molecular complexity index is 1120. The van der Waals surface area contributed by atoms with E-state index < -0.39 is 29.9 Å². The molecule has 8 nitrogen and oxygen atoms in total. The molecule has 9 heteroatoms. The number of benzene rings is 1. The number of hydrogen-bond acceptors (Lipinski definition) is 5. The first-order chi connectivity index (χ1) is 16.6. The third kappa shape index (κ3) is 5.56. The van der Waals surface area contributed by atoms with Gasteiger partial charge in [-0.3, -0.25) is 9.59 Å². The second kappa shape index (κ2) is 11.0. The number of halogens is 1. The van der Waals surface area contributed by atoms with Gasteiger partial charge in [0.05, 0.1) is 18.4 Å². The Morgan fingerprint density at radius 1 is 1.14 bits per heavy atom. The number of methoxy groups -OCH3 is 1. The molecule has 1 aromatic heterocycles. The first-order valence-corrected chi connectivity index (χ1v) is 11.9. The van der Waals surface area contributed by atoms with Crippen molar-refractivity contribution in [1.82, 2.24) is 9.88 Å². The third-order valence-electron chi connectivity index (χ3n) is 7.01. The molecule has 1 saturated carbocycles. The Morgan fingerprint density at radius 2 is 1.80 bits per heavy atom. The molecule has 0 saturated heterocycles. The number of carbonyl (C=O) groups excluding carboxylic acids is 3. The number of aliphatic hydroxyl groups excluding tert-OH is 1. The first-order valence-electron chi connectivity index (χ1n) is 11.9. The molecule has 190 valence electrons. The number of nitrogens with one attached hydrogen (secondary N) is 2. The van der Waals surface area contributed by atoms with Gasteiger partial charge in [0.1, 0.15) is 11.9 Å². The predicted octanol–water partition coefficient (Wildman–Crippen LogP) is 3.61. The molecule has 0 spiro atoms. The predicted molar refractivity (Wildman–Crippen MR) is 129 cm³/mol. The number of esters is 1. The number of rotatable bonds is 7. The highest BCUT2D eigenvalue weighted by Crippen LogP contribution is 2.30. The molecule has 0 aliphatic heterocycles. The van der Waals surface area contributed by atoms with Crippen LogP contribution in [0.1, 0.15) is 71.1 Å². The van der Waals surface area contributed by atoms with Crippen LogP contribution in [-0.2, 0) is 21.4 Å². The summed E-state index contributed by atoms with van der Waals surface area (Å²) >= 11 is 0. The van der Waals surface area contributed by atoms with Crippen molar-refractivity contribution < 1.29 is 28.6 Å². The summed E-state index contributed by atoms with van der Waals surface area (Å²) in [7, 11) is 2.94. The summed E-state index contributed by atoms with van der Waals surface area (Å²) in [6, 6.07) is 3.44. The summed E-state index contributed by atoms with van der Waals surface area (Å²) in [5.41, 5.74) is 2.40. The van der Waals surface area contributed by atoms with Crippen molar-refractivity contribution in [3.8, 4) is 0 Å². The lowest BCUT2D eigenvalue weighted by Crippen LogP contribution is -2.48. The van der Waals surface area contributed by atoms with Crippen LogP contribution < -0.4 is 10.6 Å². The summed E-state index contributed by atoms with van der Waals surface area (Å²) in [6.07, 6.45) is 3.03. The van der Waals surface area contributed by atoms with Gasteiger partial charge in [-0.2, -0.15) is 0 Å². The zero-order valence-corrected chi connectivity index (χ0v) is 20.9. The number of aromatic nitrogens is 1. The minimum atomic E-state index is -1.59. The van der Waals surface area contributed by atoms with E-state index >= 15 is 0 Å². The molecule has 0 bridgehead atoms. The van der Waals surface area contributed by atoms with Gasteiger partial charge in [0, 0.05) is 18.4 Å². The molecule has 0 radical (unpaired) electrons. The molecule has 35 heavy (non-hydrogen) atoms. The fourth-order valence-electron chi connectivity index (χ4n) is 4.96. The second-order valence-corrected chi connectivity index (χ2v) is 9.26. The van der Waals surface area contributed by atoms with Crippen LogP contribution in [0.2, 0.25) is 0 Å². The molecule has 2 aromatic rings. The summed E-state index contributed by atoms with van der Waals surface area (Å²) in [5.74, 6) is -2.12. The van der Waals surface area contributed by atoms with Crippen molar-refractivity contribution in [2.24, 2.45) is 13.0 Å². The van der Waals surface area contributed by atoms with Gasteiger partial charge in [-0.1, -0.05) is 19.3 Å². The van der Waals surface area contributed by atoms with E-state index in [1.54, 1.807) is 32.4 Å². The fourth-order valence-corrected chi connectivity index (χ4v) is 4.96. The molecule has 1 aliphatic carbocycles. The van der Waals surface area contributed by atoms with Crippen molar-refractivity contribution >= 4 is 23.5 Å². The van der Waals surface area contributed by atoms with Gasteiger partial charge >= 0.3 is 5.97 Å². The highest BCUT2D eigenvalue weighted by atomic mass is 19.1. The average molecular weight is 488 g/mol. The van der Waals surface area contributed by atoms with Crippen LogP contribution in [0.25, 0.3) is 0 Å². The van der Waals surface area contributed by atoms with Gasteiger partial charge in [0.2, 0.25) is 0 Å². The molecular formula is C26H34FN3O5. The first kappa shape index (κ1) is 26.4. The lowest BCUT2D eigenvalue weighted by atomic mass is 9.83. The van der Waals surface area contributed by atoms with Crippen molar-refractivity contribution in [2.45, 2.75) is 65.0 Å². The van der Waals surface area contributed by atoms with Crippen LogP contribution in [0.5, 0.6) is 0 Å². The Balaban J connectivity index is 1.84. The highest BCUT2D eigenvalue weighted by Gasteiger charge is 2.35. The molecule has 2 atom stereocenters. The lowest BCUT2D eigenvalue weighted by Gasteiger charge is -2.29. The van der Waals surface area contributed by atoms with E-state index in [0.717, 1.165) is 32.1 Å². The highest BCUT2D eigenvalue weighted by molar-refractivity contribution is 6.06. The van der Waals surface area contributed by atoms with E-state index in [-0.39, 0.29) is 17.4 Å². The van der Waals surface area contributed by atoms with Crippen LogP contribution in [0.4, 0.5) is 10.1 Å². The monoisotopic (exact) mass is 487 g/mol. The van der Waals surface area contributed by atoms with Gasteiger partial charge in [-0.15, -0.1) is 0 Å². The third-order valence-corrected chi connectivity index (χ3v) is 7.01. The minimum absolute atomic E-state index is 0.0518. The summed E-state index contributed by atoms with van der Waals surface area (Å²) in [4.78, 5) is 38.5. The number of ether oxygens (including phenoxy) is 1. The normalized spacial score (nSPS) is 15.9. The standard InChI is InChI=1S/C26H34FN3O5/c1-14-13-18(11-12-19(14)27)28-24(32)20-15(2)22(30(4)16(20)3)23(31)25(33)29-21(26(34)35-5)17-9-7-6-8-10-17/h11-13,17,21,23,31H,6-10H2,1-5H3,(H,28,32)(H,29,33)/t21-,23?/m0/s1. The molecule has 1 heterocycles. The topological polar surface area (TPSA) is 110 Å². The molecular weight excluding hydrogens is 453 g/mol. The molecule has 1 aromatic carbocycles. The summed E-state index contributed by atoms with van der Waals surface area (Å²) < 4.78 is 20.1. The Kier molecular flexibility index (Phi) is 8.32. The number of amides is 2. The Morgan fingerprint density at radius 3 is 2.40 bits per heavy atom. The van der Waals surface area contributed by atoms with E-state index in [1.807, 2.05) is 0 Å². The largest absolute Gasteiger partial charge is 0.467 e. The molecule has 1 unspecified atom stereocenters. The number of aliphatic hydroxyl groups is 1. The maximum absolute atomic E-state index is 13.6. The van der Waals surface area contributed by atoms with Gasteiger partial charge in [-0.25, -0.2) is 9.18 Å². The van der Waals surface area contributed by atoms with Crippen LogP contribution in [0.3, 0.4) is 0 Å². The minimum Gasteiger partial charge on any atom is -0.467 e. The summed E-state index contributed by atoms with van der Waals surface area (Å²) in [5, 5.41) is 16.4. The molecule has 2 amide bonds. The number of nitrogens with zero attached hydrogens (tertiary/aromatic N) is 1. The van der Waals surface area contributed by atoms with E-state index in [0.29, 0.717) is 28.1 Å². The molecule has 1 fully saturated rings. The Labute approximate surface area is 204 Å². The number of hydrogen-bond donors (Lipinski definition) is 3. The van der Waals surface area contributed by atoms with Gasteiger partial charge in [-0.05, 0) is 68.9 Å². The van der Waals surface area contributed by atoms with E-state index in [9.17, 15) is 23.9 Å². The second-order valence-electron chi connectivity index (χ2n) is 9.26. The van der Waals surface area contributed by atoms with E-state index in [1.165, 1.54) is 25.3 Å². The smallest absolute Gasteiger partial charge is 0.328 e. The van der Waals surface area contributed by atoms with Crippen molar-refractivity contribution in [1.29, 1.82) is 0 Å². The maximum Gasteiger partial charge on any atom is 0.328 e. The number of carbonyl (C=O) groups is 3. The van der Waals surface area contributed by atoms with Gasteiger partial charge in [0.25, 0.3) is 11.8 Å². The van der Waals surface area contributed by atoms with E-state index in [4.69, 9.17) is 4.74 Å². The molecule has 3 rings (SSSR count). The number of aryl methyl sites for hydroxylation is 1. The zero-order valence-electron chi connectivity index (χ0n) is 20.9. The average Bonchev–Trinajstić information content (AvgIpc) is 3.07.